The van der Waals surface area contributed by atoms with Crippen LogP contribution in [0.15, 0.2) is 65.8 Å². The molecule has 0 saturated carbocycles. The van der Waals surface area contributed by atoms with Gasteiger partial charge in [0.05, 0.1) is 18.4 Å². The van der Waals surface area contributed by atoms with Crippen LogP contribution in [0.1, 0.15) is 28.4 Å². The number of benzene rings is 3. The summed E-state index contributed by atoms with van der Waals surface area (Å²) in [7, 11) is 0. The summed E-state index contributed by atoms with van der Waals surface area (Å²) in [5.41, 5.74) is 4.01. The number of rotatable bonds is 8. The molecular weight excluding hydrogens is 439 g/mol. The number of hydrazone groups is 1. The number of aromatic hydroxyl groups is 1. The number of hydrogen-bond donors (Lipinski definition) is 2. The average Bonchev–Trinajstić information content (AvgIpc) is 2.74. The first-order valence-electron chi connectivity index (χ1n) is 9.43. The molecule has 2 N–H and O–H groups in total. The molecule has 0 spiro atoms. The lowest BCUT2D eigenvalue weighted by atomic mass is 10.2. The minimum Gasteiger partial charge on any atom is -0.507 e. The van der Waals surface area contributed by atoms with Crippen molar-refractivity contribution in [3.63, 3.8) is 0 Å². The lowest BCUT2D eigenvalue weighted by Crippen LogP contribution is -2.17. The van der Waals surface area contributed by atoms with Crippen LogP contribution in [0.25, 0.3) is 0 Å². The van der Waals surface area contributed by atoms with Crippen LogP contribution in [0.2, 0.25) is 10.0 Å². The van der Waals surface area contributed by atoms with Gasteiger partial charge in [0.2, 0.25) is 0 Å². The monoisotopic (exact) mass is 458 g/mol. The van der Waals surface area contributed by atoms with Crippen LogP contribution in [-0.4, -0.2) is 23.8 Å². The number of phenols is 1. The molecule has 0 saturated heterocycles. The van der Waals surface area contributed by atoms with Crippen molar-refractivity contribution in [1.82, 2.24) is 5.43 Å². The Morgan fingerprint density at radius 2 is 1.87 bits per heavy atom. The Morgan fingerprint density at radius 1 is 1.06 bits per heavy atom. The van der Waals surface area contributed by atoms with Crippen molar-refractivity contribution in [3.05, 3.63) is 87.4 Å². The van der Waals surface area contributed by atoms with Gasteiger partial charge in [-0.15, -0.1) is 0 Å². The number of carbonyl (C=O) groups is 1. The standard InChI is InChI=1S/C23H20Cl2N2O4/c1-2-30-22-11-15(13-26-27-23(29)18-5-3-4-6-20(18)28)7-10-21(22)31-14-16-8-9-17(24)12-19(16)25/h3-13,28H,2,14H2,1H3,(H,27,29)/b26-13-. The molecule has 6 nitrogen and oxygen atoms in total. The predicted octanol–water partition coefficient (Wildman–Crippen LogP) is 5.44. The third-order valence-electron chi connectivity index (χ3n) is 4.19. The summed E-state index contributed by atoms with van der Waals surface area (Å²) in [6.45, 7) is 2.57. The second-order valence-corrected chi connectivity index (χ2v) is 7.22. The van der Waals surface area contributed by atoms with E-state index >= 15 is 0 Å². The van der Waals surface area contributed by atoms with Gasteiger partial charge in [0.25, 0.3) is 5.91 Å². The van der Waals surface area contributed by atoms with Gasteiger partial charge in [-0.25, -0.2) is 5.43 Å². The van der Waals surface area contributed by atoms with Gasteiger partial charge >= 0.3 is 0 Å². The van der Waals surface area contributed by atoms with Crippen LogP contribution >= 0.6 is 23.2 Å². The summed E-state index contributed by atoms with van der Waals surface area (Å²) in [5, 5.41) is 14.8. The third-order valence-corrected chi connectivity index (χ3v) is 4.78. The number of carbonyl (C=O) groups excluding carboxylic acids is 1. The molecule has 0 aliphatic rings. The largest absolute Gasteiger partial charge is 0.507 e. The van der Waals surface area contributed by atoms with E-state index in [0.717, 1.165) is 5.56 Å². The molecule has 0 unspecified atom stereocenters. The van der Waals surface area contributed by atoms with Gasteiger partial charge in [-0.2, -0.15) is 5.10 Å². The molecule has 3 aromatic carbocycles. The van der Waals surface area contributed by atoms with Crippen LogP contribution in [0.4, 0.5) is 0 Å². The molecule has 0 aliphatic heterocycles. The number of nitrogens with one attached hydrogen (secondary N) is 1. The molecule has 8 heteroatoms. The van der Waals surface area contributed by atoms with Gasteiger partial charge < -0.3 is 14.6 Å². The highest BCUT2D eigenvalue weighted by molar-refractivity contribution is 6.35. The molecule has 3 aromatic rings. The molecule has 31 heavy (non-hydrogen) atoms. The SMILES string of the molecule is CCOc1cc(/C=N\NC(=O)c2ccccc2O)ccc1OCc1ccc(Cl)cc1Cl. The molecule has 0 atom stereocenters. The van der Waals surface area contributed by atoms with E-state index in [1.54, 1.807) is 48.5 Å². The Labute approximate surface area is 190 Å². The number of nitrogens with zero attached hydrogens (tertiary/aromatic N) is 1. The van der Waals surface area contributed by atoms with E-state index < -0.39 is 5.91 Å². The Bertz CT molecular complexity index is 1100. The van der Waals surface area contributed by atoms with E-state index in [2.05, 4.69) is 10.5 Å². The highest BCUT2D eigenvalue weighted by Crippen LogP contribution is 2.30. The van der Waals surface area contributed by atoms with Crippen LogP contribution in [0, 0.1) is 0 Å². The van der Waals surface area contributed by atoms with Crippen molar-refractivity contribution in [2.24, 2.45) is 5.10 Å². The van der Waals surface area contributed by atoms with Crippen molar-refractivity contribution in [3.8, 4) is 17.2 Å². The maximum atomic E-state index is 12.1. The van der Waals surface area contributed by atoms with Crippen molar-refractivity contribution >= 4 is 35.3 Å². The first-order valence-corrected chi connectivity index (χ1v) is 10.2. The lowest BCUT2D eigenvalue weighted by molar-refractivity contribution is 0.0952. The molecule has 0 radical (unpaired) electrons. The fourth-order valence-electron chi connectivity index (χ4n) is 2.68. The summed E-state index contributed by atoms with van der Waals surface area (Å²) in [6.07, 6.45) is 1.47. The smallest absolute Gasteiger partial charge is 0.275 e. The van der Waals surface area contributed by atoms with Crippen molar-refractivity contribution in [1.29, 1.82) is 0 Å². The second-order valence-electron chi connectivity index (χ2n) is 6.38. The van der Waals surface area contributed by atoms with Crippen molar-refractivity contribution in [2.75, 3.05) is 6.61 Å². The van der Waals surface area contributed by atoms with E-state index in [9.17, 15) is 9.90 Å². The second kappa shape index (κ2) is 10.7. The van der Waals surface area contributed by atoms with Gasteiger partial charge in [0.1, 0.15) is 12.4 Å². The number of para-hydroxylation sites is 1. The van der Waals surface area contributed by atoms with Crippen LogP contribution in [0.3, 0.4) is 0 Å². The summed E-state index contributed by atoms with van der Waals surface area (Å²) < 4.78 is 11.5. The van der Waals surface area contributed by atoms with Gasteiger partial charge in [0, 0.05) is 15.6 Å². The topological polar surface area (TPSA) is 80.2 Å². The Balaban J connectivity index is 1.68. The van der Waals surface area contributed by atoms with E-state index in [-0.39, 0.29) is 17.9 Å². The maximum absolute atomic E-state index is 12.1. The number of amides is 1. The molecule has 1 amide bonds. The minimum absolute atomic E-state index is 0.115. The number of hydrogen-bond acceptors (Lipinski definition) is 5. The minimum atomic E-state index is -0.515. The average molecular weight is 459 g/mol. The van der Waals surface area contributed by atoms with Crippen LogP contribution < -0.4 is 14.9 Å². The summed E-state index contributed by atoms with van der Waals surface area (Å²) in [6, 6.07) is 16.7. The van der Waals surface area contributed by atoms with E-state index in [4.69, 9.17) is 32.7 Å². The van der Waals surface area contributed by atoms with Gasteiger partial charge in [0.15, 0.2) is 11.5 Å². The zero-order valence-electron chi connectivity index (χ0n) is 16.6. The maximum Gasteiger partial charge on any atom is 0.275 e. The normalized spacial score (nSPS) is 10.8. The Hall–Kier alpha value is -3.22. The lowest BCUT2D eigenvalue weighted by Gasteiger charge is -2.13. The zero-order valence-corrected chi connectivity index (χ0v) is 18.2. The summed E-state index contributed by atoms with van der Waals surface area (Å²) in [4.78, 5) is 12.1. The van der Waals surface area contributed by atoms with E-state index in [0.29, 0.717) is 33.7 Å². The fraction of sp³-hybridized carbons (Fsp3) is 0.130. The van der Waals surface area contributed by atoms with Gasteiger partial charge in [-0.05, 0) is 55.0 Å². The molecule has 0 aromatic heterocycles. The molecular formula is C23H20Cl2N2O4. The first-order chi connectivity index (χ1) is 15.0. The molecule has 0 aliphatic carbocycles. The molecule has 0 fully saturated rings. The van der Waals surface area contributed by atoms with Crippen molar-refractivity contribution in [2.45, 2.75) is 13.5 Å². The third kappa shape index (κ3) is 6.13. The van der Waals surface area contributed by atoms with Gasteiger partial charge in [-0.1, -0.05) is 41.4 Å². The van der Waals surface area contributed by atoms with Crippen molar-refractivity contribution < 1.29 is 19.4 Å². The summed E-state index contributed by atoms with van der Waals surface area (Å²) in [5.74, 6) is 0.446. The van der Waals surface area contributed by atoms with Crippen LogP contribution in [-0.2, 0) is 6.61 Å². The van der Waals surface area contributed by atoms with E-state index in [1.807, 2.05) is 6.92 Å². The quantitative estimate of drug-likeness (QED) is 0.347. The Morgan fingerprint density at radius 3 is 2.61 bits per heavy atom. The number of ether oxygens (including phenoxy) is 2. The van der Waals surface area contributed by atoms with Crippen LogP contribution in [0.5, 0.6) is 17.2 Å². The predicted molar refractivity (Wildman–Crippen MR) is 122 cm³/mol. The van der Waals surface area contributed by atoms with Gasteiger partial charge in [-0.3, -0.25) is 4.79 Å². The molecule has 0 bridgehead atoms. The highest BCUT2D eigenvalue weighted by Gasteiger charge is 2.10. The Kier molecular flexibility index (Phi) is 7.76. The number of phenolic OH excluding ortho intramolecular Hbond substituents is 1. The molecule has 160 valence electrons. The molecule has 3 rings (SSSR count). The molecule has 0 heterocycles. The number of halogens is 2. The first kappa shape index (κ1) is 22.5. The van der Waals surface area contributed by atoms with E-state index in [1.165, 1.54) is 18.3 Å². The summed E-state index contributed by atoms with van der Waals surface area (Å²) >= 11 is 12.1. The zero-order chi connectivity index (χ0) is 22.2. The fourth-order valence-corrected chi connectivity index (χ4v) is 3.14. The highest BCUT2D eigenvalue weighted by atomic mass is 35.5.